The van der Waals surface area contributed by atoms with Crippen molar-refractivity contribution in [2.45, 2.75) is 25.3 Å². The van der Waals surface area contributed by atoms with Gasteiger partial charge < -0.3 is 5.11 Å². The van der Waals surface area contributed by atoms with E-state index in [1.165, 1.54) is 18.2 Å². The van der Waals surface area contributed by atoms with Gasteiger partial charge in [0.25, 0.3) is 10.0 Å². The molecule has 2 N–H and O–H groups in total. The molecular formula is C15H16ClNO3S. The zero-order chi connectivity index (χ0) is 15.6. The van der Waals surface area contributed by atoms with Gasteiger partial charge in [0.15, 0.2) is 0 Å². The predicted molar refractivity (Wildman–Crippen MR) is 84.1 cm³/mol. The van der Waals surface area contributed by atoms with E-state index in [2.05, 4.69) is 4.72 Å². The van der Waals surface area contributed by atoms with Gasteiger partial charge in [-0.1, -0.05) is 17.7 Å². The van der Waals surface area contributed by atoms with Crippen LogP contribution in [0.25, 0.3) is 0 Å². The number of rotatable bonds is 4. The average molecular weight is 326 g/mol. The maximum absolute atomic E-state index is 12.3. The normalized spacial score (nSPS) is 11.4. The van der Waals surface area contributed by atoms with Gasteiger partial charge in [-0.3, -0.25) is 4.72 Å². The third kappa shape index (κ3) is 3.56. The molecule has 4 nitrogen and oxygen atoms in total. The maximum Gasteiger partial charge on any atom is 0.261 e. The van der Waals surface area contributed by atoms with Crippen LogP contribution in [0.5, 0.6) is 0 Å². The number of hydrogen-bond donors (Lipinski definition) is 2. The molecule has 0 atom stereocenters. The number of halogens is 1. The highest BCUT2D eigenvalue weighted by Gasteiger charge is 2.16. The Morgan fingerprint density at radius 2 is 1.81 bits per heavy atom. The molecule has 0 aliphatic heterocycles. The fraction of sp³-hybridized carbons (Fsp3) is 0.200. The van der Waals surface area contributed by atoms with Crippen molar-refractivity contribution in [3.8, 4) is 0 Å². The lowest BCUT2D eigenvalue weighted by atomic mass is 10.1. The molecule has 0 aliphatic carbocycles. The molecule has 2 aromatic carbocycles. The van der Waals surface area contributed by atoms with E-state index in [4.69, 9.17) is 16.7 Å². The van der Waals surface area contributed by atoms with Crippen LogP contribution in [0.3, 0.4) is 0 Å². The first-order chi connectivity index (χ1) is 9.83. The minimum atomic E-state index is -3.71. The van der Waals surface area contributed by atoms with Crippen molar-refractivity contribution in [1.82, 2.24) is 0 Å². The largest absolute Gasteiger partial charge is 0.392 e. The topological polar surface area (TPSA) is 66.4 Å². The van der Waals surface area contributed by atoms with Crippen molar-refractivity contribution in [2.75, 3.05) is 4.72 Å². The van der Waals surface area contributed by atoms with E-state index < -0.39 is 10.0 Å². The van der Waals surface area contributed by atoms with Crippen molar-refractivity contribution in [2.24, 2.45) is 0 Å². The Hall–Kier alpha value is -1.56. The molecule has 6 heteroatoms. The fourth-order valence-electron chi connectivity index (χ4n) is 1.86. The Bertz CT molecular complexity index is 772. The Morgan fingerprint density at radius 3 is 2.43 bits per heavy atom. The van der Waals surface area contributed by atoms with Crippen molar-refractivity contribution in [3.05, 3.63) is 58.1 Å². The summed E-state index contributed by atoms with van der Waals surface area (Å²) in [7, 11) is -3.71. The first kappa shape index (κ1) is 15.8. The smallest absolute Gasteiger partial charge is 0.261 e. The van der Waals surface area contributed by atoms with Crippen molar-refractivity contribution in [1.29, 1.82) is 0 Å². The molecule has 112 valence electrons. The van der Waals surface area contributed by atoms with Gasteiger partial charge in [0.1, 0.15) is 0 Å². The number of aryl methyl sites for hydroxylation is 2. The number of anilines is 1. The Balaban J connectivity index is 2.35. The van der Waals surface area contributed by atoms with E-state index >= 15 is 0 Å². The Kier molecular flexibility index (Phi) is 4.56. The molecule has 0 aromatic heterocycles. The van der Waals surface area contributed by atoms with E-state index in [0.717, 1.165) is 11.1 Å². The molecule has 0 fully saturated rings. The third-order valence-corrected chi connectivity index (χ3v) is 5.00. The summed E-state index contributed by atoms with van der Waals surface area (Å²) in [6, 6.07) is 9.57. The van der Waals surface area contributed by atoms with Gasteiger partial charge in [0.05, 0.1) is 11.5 Å². The molecule has 0 bridgehead atoms. The first-order valence-corrected chi connectivity index (χ1v) is 8.19. The monoisotopic (exact) mass is 325 g/mol. The van der Waals surface area contributed by atoms with Gasteiger partial charge in [-0.05, 0) is 60.9 Å². The highest BCUT2D eigenvalue weighted by atomic mass is 35.5. The number of aliphatic hydroxyl groups is 1. The molecule has 2 rings (SSSR count). The summed E-state index contributed by atoms with van der Waals surface area (Å²) in [5, 5.41) is 9.50. The number of hydrogen-bond acceptors (Lipinski definition) is 3. The number of benzene rings is 2. The Labute approximate surface area is 129 Å². The SMILES string of the molecule is Cc1ccc(NS(=O)(=O)c2ccc(Cl)c(CO)c2)cc1C. The molecule has 0 heterocycles. The number of sulfonamides is 1. The second-order valence-corrected chi connectivity index (χ2v) is 6.91. The van der Waals surface area contributed by atoms with Crippen LogP contribution in [0.15, 0.2) is 41.3 Å². The fourth-order valence-corrected chi connectivity index (χ4v) is 3.14. The Morgan fingerprint density at radius 1 is 1.10 bits per heavy atom. The van der Waals surface area contributed by atoms with Crippen LogP contribution in [0, 0.1) is 13.8 Å². The summed E-state index contributed by atoms with van der Waals surface area (Å²) in [5.74, 6) is 0. The lowest BCUT2D eigenvalue weighted by molar-refractivity contribution is 0.281. The molecule has 0 radical (unpaired) electrons. The standard InChI is InChI=1S/C15H16ClNO3S/c1-10-3-4-13(7-11(10)2)17-21(19,20)14-5-6-15(16)12(8-14)9-18/h3-8,17-18H,9H2,1-2H3. The molecular weight excluding hydrogens is 310 g/mol. The zero-order valence-electron chi connectivity index (χ0n) is 11.7. The predicted octanol–water partition coefficient (Wildman–Crippen LogP) is 3.25. The van der Waals surface area contributed by atoms with Gasteiger partial charge in [-0.2, -0.15) is 0 Å². The van der Waals surface area contributed by atoms with Gasteiger partial charge >= 0.3 is 0 Å². The molecule has 21 heavy (non-hydrogen) atoms. The minimum Gasteiger partial charge on any atom is -0.392 e. The minimum absolute atomic E-state index is 0.0641. The van der Waals surface area contributed by atoms with Crippen LogP contribution in [0.1, 0.15) is 16.7 Å². The summed E-state index contributed by atoms with van der Waals surface area (Å²) in [5.41, 5.74) is 2.97. The first-order valence-electron chi connectivity index (χ1n) is 6.33. The van der Waals surface area contributed by atoms with E-state index in [1.54, 1.807) is 12.1 Å². The highest BCUT2D eigenvalue weighted by Crippen LogP contribution is 2.23. The van der Waals surface area contributed by atoms with Crippen LogP contribution in [-0.4, -0.2) is 13.5 Å². The van der Waals surface area contributed by atoms with E-state index in [-0.39, 0.29) is 11.5 Å². The molecule has 0 saturated heterocycles. The van der Waals surface area contributed by atoms with Crippen molar-refractivity contribution < 1.29 is 13.5 Å². The molecule has 0 amide bonds. The van der Waals surface area contributed by atoms with Crippen LogP contribution >= 0.6 is 11.6 Å². The molecule has 0 saturated carbocycles. The summed E-state index contributed by atoms with van der Waals surface area (Å²) in [6.07, 6.45) is 0. The average Bonchev–Trinajstić information content (AvgIpc) is 2.43. The quantitative estimate of drug-likeness (QED) is 0.906. The zero-order valence-corrected chi connectivity index (χ0v) is 13.3. The van der Waals surface area contributed by atoms with Crippen molar-refractivity contribution in [3.63, 3.8) is 0 Å². The van der Waals surface area contributed by atoms with Crippen LogP contribution < -0.4 is 4.72 Å². The van der Waals surface area contributed by atoms with Gasteiger partial charge in [-0.15, -0.1) is 0 Å². The van der Waals surface area contributed by atoms with Gasteiger partial charge in [0.2, 0.25) is 0 Å². The van der Waals surface area contributed by atoms with Crippen LogP contribution in [0.4, 0.5) is 5.69 Å². The summed E-state index contributed by atoms with van der Waals surface area (Å²) in [4.78, 5) is 0.0641. The molecule has 0 unspecified atom stereocenters. The van der Waals surface area contributed by atoms with Gasteiger partial charge in [-0.25, -0.2) is 8.42 Å². The summed E-state index contributed by atoms with van der Waals surface area (Å²) >= 11 is 5.87. The summed E-state index contributed by atoms with van der Waals surface area (Å²) < 4.78 is 27.2. The lowest BCUT2D eigenvalue weighted by Gasteiger charge is -2.11. The second-order valence-electron chi connectivity index (χ2n) is 4.82. The maximum atomic E-state index is 12.3. The molecule has 0 spiro atoms. The van der Waals surface area contributed by atoms with Crippen LogP contribution in [-0.2, 0) is 16.6 Å². The molecule has 2 aromatic rings. The van der Waals surface area contributed by atoms with E-state index in [1.807, 2.05) is 19.9 Å². The second kappa shape index (κ2) is 6.05. The van der Waals surface area contributed by atoms with Crippen molar-refractivity contribution >= 4 is 27.3 Å². The van der Waals surface area contributed by atoms with E-state index in [9.17, 15) is 8.42 Å². The van der Waals surface area contributed by atoms with Gasteiger partial charge in [0, 0.05) is 10.7 Å². The summed E-state index contributed by atoms with van der Waals surface area (Å²) in [6.45, 7) is 3.56. The lowest BCUT2D eigenvalue weighted by Crippen LogP contribution is -2.13. The highest BCUT2D eigenvalue weighted by molar-refractivity contribution is 7.92. The van der Waals surface area contributed by atoms with Crippen LogP contribution in [0.2, 0.25) is 5.02 Å². The third-order valence-electron chi connectivity index (χ3n) is 3.26. The van der Waals surface area contributed by atoms with E-state index in [0.29, 0.717) is 16.3 Å². The molecule has 0 aliphatic rings. The number of aliphatic hydroxyl groups excluding tert-OH is 1. The number of nitrogens with one attached hydrogen (secondary N) is 1.